The Hall–Kier alpha value is -2.63. The first-order chi connectivity index (χ1) is 11.0. The fraction of sp³-hybridized carbons (Fsp3) is 0.353. The SMILES string of the molecule is Cc1[nH]c2ccccc2c1C(=O)C(=O)N1CCC(C(N)=O)CC1. The molecule has 120 valence electrons. The van der Waals surface area contributed by atoms with Crippen molar-refractivity contribution in [2.75, 3.05) is 13.1 Å². The van der Waals surface area contributed by atoms with E-state index in [0.717, 1.165) is 10.9 Å². The molecule has 2 heterocycles. The number of ketones is 1. The first kappa shape index (κ1) is 15.3. The van der Waals surface area contributed by atoms with Gasteiger partial charge in [0.15, 0.2) is 0 Å². The summed E-state index contributed by atoms with van der Waals surface area (Å²) < 4.78 is 0. The van der Waals surface area contributed by atoms with Crippen molar-refractivity contribution in [2.24, 2.45) is 11.7 Å². The normalized spacial score (nSPS) is 15.8. The predicted molar refractivity (Wildman–Crippen MR) is 85.9 cm³/mol. The lowest BCUT2D eigenvalue weighted by atomic mass is 9.95. The lowest BCUT2D eigenvalue weighted by molar-refractivity contribution is -0.131. The minimum absolute atomic E-state index is 0.205. The van der Waals surface area contributed by atoms with Crippen LogP contribution in [0.15, 0.2) is 24.3 Å². The van der Waals surface area contributed by atoms with Crippen LogP contribution in [-0.4, -0.2) is 40.6 Å². The average Bonchev–Trinajstić information content (AvgIpc) is 2.89. The zero-order valence-electron chi connectivity index (χ0n) is 13.0. The number of carbonyl (C=O) groups excluding carboxylic acids is 3. The third kappa shape index (κ3) is 2.72. The summed E-state index contributed by atoms with van der Waals surface area (Å²) in [4.78, 5) is 41.0. The number of benzene rings is 1. The minimum atomic E-state index is -0.513. The molecule has 6 nitrogen and oxygen atoms in total. The summed E-state index contributed by atoms with van der Waals surface area (Å²) in [6, 6.07) is 7.43. The van der Waals surface area contributed by atoms with Gasteiger partial charge in [0.05, 0.1) is 5.56 Å². The summed E-state index contributed by atoms with van der Waals surface area (Å²) in [6.07, 6.45) is 1.03. The second kappa shape index (κ2) is 5.87. The molecule has 0 atom stereocenters. The van der Waals surface area contributed by atoms with Gasteiger partial charge in [-0.2, -0.15) is 0 Å². The molecule has 6 heteroatoms. The number of primary amides is 1. The number of para-hydroxylation sites is 1. The fourth-order valence-corrected chi connectivity index (χ4v) is 3.19. The molecule has 1 aliphatic heterocycles. The highest BCUT2D eigenvalue weighted by Gasteiger charge is 2.31. The Morgan fingerprint density at radius 2 is 1.83 bits per heavy atom. The number of fused-ring (bicyclic) bond motifs is 1. The van der Waals surface area contributed by atoms with E-state index in [1.165, 1.54) is 4.90 Å². The van der Waals surface area contributed by atoms with Crippen LogP contribution in [0.1, 0.15) is 28.9 Å². The number of aryl methyl sites for hydroxylation is 1. The number of nitrogens with one attached hydrogen (secondary N) is 1. The van der Waals surface area contributed by atoms with Gasteiger partial charge in [0, 0.05) is 35.6 Å². The van der Waals surface area contributed by atoms with E-state index < -0.39 is 11.7 Å². The first-order valence-corrected chi connectivity index (χ1v) is 7.69. The van der Waals surface area contributed by atoms with E-state index in [0.29, 0.717) is 37.2 Å². The third-order valence-electron chi connectivity index (χ3n) is 4.50. The molecule has 2 aromatic rings. The summed E-state index contributed by atoms with van der Waals surface area (Å²) in [5, 5.41) is 0.760. The number of aromatic amines is 1. The van der Waals surface area contributed by atoms with Crippen LogP contribution in [0.2, 0.25) is 0 Å². The Morgan fingerprint density at radius 3 is 2.48 bits per heavy atom. The molecule has 1 aromatic carbocycles. The molecule has 1 saturated heterocycles. The van der Waals surface area contributed by atoms with Gasteiger partial charge < -0.3 is 15.6 Å². The third-order valence-corrected chi connectivity index (χ3v) is 4.50. The first-order valence-electron chi connectivity index (χ1n) is 7.69. The Bertz CT molecular complexity index is 785. The number of piperidine rings is 1. The summed E-state index contributed by atoms with van der Waals surface area (Å²) in [7, 11) is 0. The van der Waals surface area contributed by atoms with Crippen LogP contribution in [0.3, 0.4) is 0 Å². The van der Waals surface area contributed by atoms with E-state index in [9.17, 15) is 14.4 Å². The smallest absolute Gasteiger partial charge is 0.295 e. The number of nitrogens with zero attached hydrogens (tertiary/aromatic N) is 1. The topological polar surface area (TPSA) is 96.3 Å². The van der Waals surface area contributed by atoms with Crippen molar-refractivity contribution in [3.63, 3.8) is 0 Å². The maximum Gasteiger partial charge on any atom is 0.295 e. The van der Waals surface area contributed by atoms with Crippen LogP contribution >= 0.6 is 0 Å². The van der Waals surface area contributed by atoms with Gasteiger partial charge >= 0.3 is 0 Å². The molecule has 3 N–H and O–H groups in total. The van der Waals surface area contributed by atoms with Gasteiger partial charge in [-0.05, 0) is 25.8 Å². The van der Waals surface area contributed by atoms with E-state index >= 15 is 0 Å². The number of nitrogens with two attached hydrogens (primary N) is 1. The highest BCUT2D eigenvalue weighted by atomic mass is 16.2. The Kier molecular flexibility index (Phi) is 3.90. The number of rotatable bonds is 3. The molecule has 2 amide bonds. The highest BCUT2D eigenvalue weighted by Crippen LogP contribution is 2.24. The van der Waals surface area contributed by atoms with Crippen molar-refractivity contribution in [2.45, 2.75) is 19.8 Å². The maximum atomic E-state index is 12.7. The zero-order valence-corrected chi connectivity index (χ0v) is 13.0. The molecule has 0 saturated carbocycles. The van der Waals surface area contributed by atoms with Crippen molar-refractivity contribution >= 4 is 28.5 Å². The van der Waals surface area contributed by atoms with Crippen LogP contribution in [-0.2, 0) is 9.59 Å². The number of hydrogen-bond donors (Lipinski definition) is 2. The number of aromatic nitrogens is 1. The molecule has 3 rings (SSSR count). The maximum absolute atomic E-state index is 12.7. The molecule has 1 fully saturated rings. The monoisotopic (exact) mass is 313 g/mol. The molecule has 0 spiro atoms. The van der Waals surface area contributed by atoms with E-state index in [2.05, 4.69) is 4.98 Å². The van der Waals surface area contributed by atoms with Crippen molar-refractivity contribution < 1.29 is 14.4 Å². The molecule has 0 bridgehead atoms. The molecular weight excluding hydrogens is 294 g/mol. The van der Waals surface area contributed by atoms with Crippen LogP contribution in [0.25, 0.3) is 10.9 Å². The van der Waals surface area contributed by atoms with E-state index in [1.807, 2.05) is 24.3 Å². The molecule has 0 radical (unpaired) electrons. The van der Waals surface area contributed by atoms with E-state index in [1.54, 1.807) is 6.92 Å². The van der Waals surface area contributed by atoms with Crippen molar-refractivity contribution in [3.05, 3.63) is 35.5 Å². The Balaban J connectivity index is 1.81. The molecule has 0 unspecified atom stereocenters. The van der Waals surface area contributed by atoms with Gasteiger partial charge in [-0.15, -0.1) is 0 Å². The van der Waals surface area contributed by atoms with Gasteiger partial charge in [0.2, 0.25) is 5.91 Å². The summed E-state index contributed by atoms with van der Waals surface area (Å²) in [6.45, 7) is 2.57. The molecule has 1 aromatic heterocycles. The van der Waals surface area contributed by atoms with Gasteiger partial charge in [0.25, 0.3) is 11.7 Å². The van der Waals surface area contributed by atoms with Gasteiger partial charge in [0.1, 0.15) is 0 Å². The second-order valence-electron chi connectivity index (χ2n) is 5.97. The highest BCUT2D eigenvalue weighted by molar-refractivity contribution is 6.45. The van der Waals surface area contributed by atoms with Gasteiger partial charge in [-0.25, -0.2) is 0 Å². The number of amides is 2. The standard InChI is InChI=1S/C17H19N3O3/c1-10-14(12-4-2-3-5-13(12)19-10)15(21)17(23)20-8-6-11(7-9-20)16(18)22/h2-5,11,19H,6-9H2,1H3,(H2,18,22). The van der Waals surface area contributed by atoms with Crippen molar-refractivity contribution in [3.8, 4) is 0 Å². The number of Topliss-reactive ketones (excluding diaryl/α,β-unsaturated/α-hetero) is 1. The predicted octanol–water partition coefficient (Wildman–Crippen LogP) is 1.38. The van der Waals surface area contributed by atoms with Crippen LogP contribution in [0.5, 0.6) is 0 Å². The second-order valence-corrected chi connectivity index (χ2v) is 5.97. The largest absolute Gasteiger partial charge is 0.369 e. The zero-order chi connectivity index (χ0) is 16.6. The lowest BCUT2D eigenvalue weighted by Gasteiger charge is -2.30. The Labute approximate surface area is 133 Å². The van der Waals surface area contributed by atoms with Crippen LogP contribution < -0.4 is 5.73 Å². The van der Waals surface area contributed by atoms with Crippen LogP contribution in [0, 0.1) is 12.8 Å². The molecule has 0 aliphatic carbocycles. The Morgan fingerprint density at radius 1 is 1.17 bits per heavy atom. The summed E-state index contributed by atoms with van der Waals surface area (Å²) >= 11 is 0. The van der Waals surface area contributed by atoms with Crippen molar-refractivity contribution in [1.82, 2.24) is 9.88 Å². The number of H-pyrrole nitrogens is 1. The number of hydrogen-bond acceptors (Lipinski definition) is 3. The van der Waals surface area contributed by atoms with E-state index in [-0.39, 0.29) is 11.8 Å². The minimum Gasteiger partial charge on any atom is -0.369 e. The summed E-state index contributed by atoms with van der Waals surface area (Å²) in [5.74, 6) is -1.56. The van der Waals surface area contributed by atoms with Crippen LogP contribution in [0.4, 0.5) is 0 Å². The summed E-state index contributed by atoms with van der Waals surface area (Å²) in [5.41, 5.74) is 7.26. The van der Waals surface area contributed by atoms with Gasteiger partial charge in [-0.3, -0.25) is 14.4 Å². The molecule has 23 heavy (non-hydrogen) atoms. The number of carbonyl (C=O) groups is 3. The quantitative estimate of drug-likeness (QED) is 0.662. The number of likely N-dealkylation sites (tertiary alicyclic amines) is 1. The van der Waals surface area contributed by atoms with Gasteiger partial charge in [-0.1, -0.05) is 18.2 Å². The molecule has 1 aliphatic rings. The fourth-order valence-electron chi connectivity index (χ4n) is 3.19. The average molecular weight is 313 g/mol. The lowest BCUT2D eigenvalue weighted by Crippen LogP contribution is -2.44. The van der Waals surface area contributed by atoms with E-state index in [4.69, 9.17) is 5.73 Å². The molecular formula is C17H19N3O3. The van der Waals surface area contributed by atoms with Crippen molar-refractivity contribution in [1.29, 1.82) is 0 Å².